The number of carbonyl (C=O) groups excluding carboxylic acids is 1. The first kappa shape index (κ1) is 20.3. The van der Waals surface area contributed by atoms with Crippen LogP contribution in [0.4, 0.5) is 5.69 Å². The van der Waals surface area contributed by atoms with Gasteiger partial charge in [-0.2, -0.15) is 0 Å². The Morgan fingerprint density at radius 2 is 1.69 bits per heavy atom. The molecule has 0 bridgehead atoms. The number of anilines is 1. The molecule has 1 atom stereocenters. The molecule has 2 aromatic carbocycles. The first-order chi connectivity index (χ1) is 14.2. The molecule has 2 aromatic rings. The van der Waals surface area contributed by atoms with Gasteiger partial charge in [0.1, 0.15) is 0 Å². The van der Waals surface area contributed by atoms with Gasteiger partial charge in [-0.25, -0.2) is 0 Å². The molecular formula is C24H31N3OS. The highest BCUT2D eigenvalue weighted by atomic mass is 32.2. The topological polar surface area (TPSA) is 26.8 Å². The summed E-state index contributed by atoms with van der Waals surface area (Å²) >= 11 is 1.73. The third-order valence-corrected chi connectivity index (χ3v) is 6.96. The molecule has 0 spiro atoms. The van der Waals surface area contributed by atoms with E-state index in [2.05, 4.69) is 75.6 Å². The minimum absolute atomic E-state index is 0.273. The number of hydrogen-bond acceptors (Lipinski definition) is 4. The lowest BCUT2D eigenvalue weighted by atomic mass is 10.0. The number of carbonyl (C=O) groups is 1. The highest BCUT2D eigenvalue weighted by Crippen LogP contribution is 2.22. The number of nitrogens with zero attached hydrogens (tertiary/aromatic N) is 3. The van der Waals surface area contributed by atoms with Gasteiger partial charge in [0.25, 0.3) is 0 Å². The van der Waals surface area contributed by atoms with Crippen molar-refractivity contribution in [1.82, 2.24) is 9.80 Å². The van der Waals surface area contributed by atoms with Gasteiger partial charge in [-0.15, -0.1) is 11.8 Å². The van der Waals surface area contributed by atoms with E-state index in [9.17, 15) is 4.79 Å². The van der Waals surface area contributed by atoms with Gasteiger partial charge >= 0.3 is 0 Å². The first-order valence-electron chi connectivity index (χ1n) is 10.7. The average molecular weight is 410 g/mol. The van der Waals surface area contributed by atoms with Crippen molar-refractivity contribution in [2.75, 3.05) is 50.4 Å². The van der Waals surface area contributed by atoms with Crippen LogP contribution in [0.2, 0.25) is 0 Å². The Morgan fingerprint density at radius 1 is 0.966 bits per heavy atom. The maximum Gasteiger partial charge on any atom is 0.227 e. The van der Waals surface area contributed by atoms with Crippen molar-refractivity contribution in [2.45, 2.75) is 30.2 Å². The molecule has 5 heteroatoms. The van der Waals surface area contributed by atoms with Crippen molar-refractivity contribution in [3.05, 3.63) is 60.2 Å². The van der Waals surface area contributed by atoms with Crippen molar-refractivity contribution in [2.24, 2.45) is 0 Å². The monoisotopic (exact) mass is 409 g/mol. The van der Waals surface area contributed by atoms with Crippen LogP contribution in [-0.2, 0) is 11.2 Å². The Labute approximate surface area is 178 Å². The van der Waals surface area contributed by atoms with E-state index in [4.69, 9.17) is 0 Å². The Bertz CT molecular complexity index is 788. The van der Waals surface area contributed by atoms with Gasteiger partial charge < -0.3 is 9.80 Å². The second-order valence-corrected chi connectivity index (χ2v) is 8.90. The van der Waals surface area contributed by atoms with Gasteiger partial charge in [-0.1, -0.05) is 30.3 Å². The number of rotatable bonds is 5. The predicted molar refractivity (Wildman–Crippen MR) is 122 cm³/mol. The Balaban J connectivity index is 1.29. The summed E-state index contributed by atoms with van der Waals surface area (Å²) in [5.74, 6) is 0.273. The summed E-state index contributed by atoms with van der Waals surface area (Å²) in [6, 6.07) is 19.6. The second kappa shape index (κ2) is 9.68. The molecule has 2 aliphatic rings. The third kappa shape index (κ3) is 5.14. The van der Waals surface area contributed by atoms with Crippen LogP contribution in [0.15, 0.2) is 59.5 Å². The van der Waals surface area contributed by atoms with E-state index < -0.39 is 0 Å². The molecule has 0 N–H and O–H groups in total. The van der Waals surface area contributed by atoms with E-state index >= 15 is 0 Å². The Kier molecular flexibility index (Phi) is 6.78. The standard InChI is InChI=1S/C24H31N3OS/c1-29-23-11-9-20(10-12-23)18-24(28)27-13-5-8-22(19-27)26-16-14-25(15-17-26)21-6-3-2-4-7-21/h2-4,6-7,9-12,22H,5,8,13-19H2,1H3. The van der Waals surface area contributed by atoms with Crippen LogP contribution in [0.25, 0.3) is 0 Å². The number of piperidine rings is 1. The molecule has 0 aromatic heterocycles. The summed E-state index contributed by atoms with van der Waals surface area (Å²) in [7, 11) is 0. The fraction of sp³-hybridized carbons (Fsp3) is 0.458. The summed E-state index contributed by atoms with van der Waals surface area (Å²) in [5.41, 5.74) is 2.44. The number of piperazine rings is 1. The number of amides is 1. The van der Waals surface area contributed by atoms with E-state index in [0.29, 0.717) is 12.5 Å². The average Bonchev–Trinajstić information content (AvgIpc) is 2.80. The molecule has 29 heavy (non-hydrogen) atoms. The summed E-state index contributed by atoms with van der Waals surface area (Å²) in [6.07, 6.45) is 4.91. The molecule has 0 aliphatic carbocycles. The molecule has 2 heterocycles. The van der Waals surface area contributed by atoms with E-state index in [1.165, 1.54) is 17.0 Å². The van der Waals surface area contributed by atoms with Crippen LogP contribution in [0.1, 0.15) is 18.4 Å². The molecule has 2 fully saturated rings. The molecule has 1 unspecified atom stereocenters. The third-order valence-electron chi connectivity index (χ3n) is 6.22. The molecule has 0 saturated carbocycles. The smallest absolute Gasteiger partial charge is 0.227 e. The maximum absolute atomic E-state index is 12.9. The van der Waals surface area contributed by atoms with Crippen LogP contribution in [0.5, 0.6) is 0 Å². The van der Waals surface area contributed by atoms with Gasteiger partial charge in [0.05, 0.1) is 6.42 Å². The minimum Gasteiger partial charge on any atom is -0.369 e. The van der Waals surface area contributed by atoms with Crippen LogP contribution < -0.4 is 4.90 Å². The van der Waals surface area contributed by atoms with E-state index in [0.717, 1.165) is 51.3 Å². The summed E-state index contributed by atoms with van der Waals surface area (Å²) in [4.78, 5) is 21.3. The summed E-state index contributed by atoms with van der Waals surface area (Å²) in [6.45, 7) is 6.08. The van der Waals surface area contributed by atoms with Crippen molar-refractivity contribution < 1.29 is 4.79 Å². The van der Waals surface area contributed by atoms with Gasteiger partial charge in [0.15, 0.2) is 0 Å². The normalized spacial score (nSPS) is 20.7. The van der Waals surface area contributed by atoms with Crippen molar-refractivity contribution >= 4 is 23.4 Å². The van der Waals surface area contributed by atoms with Crippen LogP contribution in [0.3, 0.4) is 0 Å². The van der Waals surface area contributed by atoms with Crippen LogP contribution >= 0.6 is 11.8 Å². The second-order valence-electron chi connectivity index (χ2n) is 8.02. The SMILES string of the molecule is CSc1ccc(CC(=O)N2CCCC(N3CCN(c4ccccc4)CC3)C2)cc1. The highest BCUT2D eigenvalue weighted by molar-refractivity contribution is 7.98. The lowest BCUT2D eigenvalue weighted by Gasteiger charge is -2.44. The lowest BCUT2D eigenvalue weighted by Crippen LogP contribution is -2.56. The molecule has 1 amide bonds. The molecular weight excluding hydrogens is 378 g/mol. The number of benzene rings is 2. The number of likely N-dealkylation sites (tertiary alicyclic amines) is 1. The van der Waals surface area contributed by atoms with Crippen molar-refractivity contribution in [3.8, 4) is 0 Å². The van der Waals surface area contributed by atoms with Gasteiger partial charge in [0, 0.05) is 55.9 Å². The number of thioether (sulfide) groups is 1. The van der Waals surface area contributed by atoms with Gasteiger partial charge in [-0.3, -0.25) is 9.69 Å². The zero-order valence-corrected chi connectivity index (χ0v) is 18.1. The Hall–Kier alpha value is -1.98. The minimum atomic E-state index is 0.273. The van der Waals surface area contributed by atoms with Crippen LogP contribution in [-0.4, -0.2) is 67.3 Å². The molecule has 2 saturated heterocycles. The summed E-state index contributed by atoms with van der Waals surface area (Å²) in [5, 5.41) is 0. The van der Waals surface area contributed by atoms with E-state index in [1.54, 1.807) is 11.8 Å². The predicted octanol–water partition coefficient (Wildman–Crippen LogP) is 3.76. The Morgan fingerprint density at radius 3 is 2.38 bits per heavy atom. The highest BCUT2D eigenvalue weighted by Gasteiger charge is 2.30. The van der Waals surface area contributed by atoms with E-state index in [-0.39, 0.29) is 5.91 Å². The summed E-state index contributed by atoms with van der Waals surface area (Å²) < 4.78 is 0. The van der Waals surface area contributed by atoms with Crippen LogP contribution in [0, 0.1) is 0 Å². The number of para-hydroxylation sites is 1. The zero-order chi connectivity index (χ0) is 20.1. The lowest BCUT2D eigenvalue weighted by molar-refractivity contribution is -0.132. The van der Waals surface area contributed by atoms with Gasteiger partial charge in [0.2, 0.25) is 5.91 Å². The maximum atomic E-state index is 12.9. The largest absolute Gasteiger partial charge is 0.369 e. The molecule has 4 rings (SSSR count). The first-order valence-corrected chi connectivity index (χ1v) is 11.9. The molecule has 2 aliphatic heterocycles. The zero-order valence-electron chi connectivity index (χ0n) is 17.3. The fourth-order valence-corrected chi connectivity index (χ4v) is 4.90. The number of hydrogen-bond donors (Lipinski definition) is 0. The fourth-order valence-electron chi connectivity index (χ4n) is 4.49. The van der Waals surface area contributed by atoms with Crippen molar-refractivity contribution in [3.63, 3.8) is 0 Å². The van der Waals surface area contributed by atoms with E-state index in [1.807, 2.05) is 0 Å². The molecule has 0 radical (unpaired) electrons. The molecule has 154 valence electrons. The molecule has 4 nitrogen and oxygen atoms in total. The van der Waals surface area contributed by atoms with Crippen molar-refractivity contribution in [1.29, 1.82) is 0 Å². The van der Waals surface area contributed by atoms with Gasteiger partial charge in [-0.05, 0) is 48.9 Å². The quantitative estimate of drug-likeness (QED) is 0.703.